The second kappa shape index (κ2) is 12.4. The van der Waals surface area contributed by atoms with E-state index in [9.17, 15) is 24.7 Å². The quantitative estimate of drug-likeness (QED) is 0.262. The first-order valence-electron chi connectivity index (χ1n) is 11.3. The second-order valence-electron chi connectivity index (χ2n) is 10.7. The van der Waals surface area contributed by atoms with Gasteiger partial charge in [-0.05, 0) is 39.7 Å². The highest BCUT2D eigenvalue weighted by Crippen LogP contribution is 2.44. The predicted octanol–water partition coefficient (Wildman–Crippen LogP) is 4.84. The van der Waals surface area contributed by atoms with Crippen molar-refractivity contribution >= 4 is 17.2 Å². The van der Waals surface area contributed by atoms with Crippen LogP contribution in [0.2, 0.25) is 0 Å². The minimum absolute atomic E-state index is 0.0455. The number of rotatable bonds is 11. The minimum Gasteiger partial charge on any atom is -0.485 e. The number of aliphatic hydroxyl groups is 1. The van der Waals surface area contributed by atoms with Gasteiger partial charge in [-0.25, -0.2) is 0 Å². The first-order valence-corrected chi connectivity index (χ1v) is 13.6. The third-order valence-electron chi connectivity index (χ3n) is 5.86. The second-order valence-corrected chi connectivity index (χ2v) is 12.2. The summed E-state index contributed by atoms with van der Waals surface area (Å²) in [6.45, 7) is 11.3. The molecule has 10 heteroatoms. The summed E-state index contributed by atoms with van der Waals surface area (Å²) in [5.41, 5.74) is 1.39. The van der Waals surface area contributed by atoms with Gasteiger partial charge in [-0.1, -0.05) is 77.9 Å². The summed E-state index contributed by atoms with van der Waals surface area (Å²) in [6, 6.07) is 15.3. The molecule has 1 unspecified atom stereocenters. The average Bonchev–Trinajstić information content (AvgIpc) is 2.77. The first-order chi connectivity index (χ1) is 16.2. The fourth-order valence-corrected chi connectivity index (χ4v) is 4.36. The van der Waals surface area contributed by atoms with Gasteiger partial charge < -0.3 is 38.5 Å². The van der Waals surface area contributed by atoms with Crippen LogP contribution in [0.5, 0.6) is 5.75 Å². The van der Waals surface area contributed by atoms with Crippen LogP contribution in [0.25, 0.3) is 0 Å². The molecule has 2 aromatic rings. The van der Waals surface area contributed by atoms with E-state index in [0.717, 1.165) is 11.1 Å². The largest absolute Gasteiger partial charge is 0.485 e. The van der Waals surface area contributed by atoms with Crippen molar-refractivity contribution in [3.63, 3.8) is 0 Å². The zero-order valence-electron chi connectivity index (χ0n) is 21.2. The number of hydrogen-bond acceptors (Lipinski definition) is 8. The maximum atomic E-state index is 10.5. The Morgan fingerprint density at radius 2 is 1.09 bits per heavy atom. The molecule has 0 amide bonds. The van der Waals surface area contributed by atoms with Gasteiger partial charge in [-0.3, -0.25) is 0 Å². The highest BCUT2D eigenvalue weighted by atomic mass is 31.2. The third-order valence-corrected chi connectivity index (χ3v) is 6.58. The lowest BCUT2D eigenvalue weighted by atomic mass is 9.79. The molecule has 0 aliphatic rings. The van der Waals surface area contributed by atoms with Crippen molar-refractivity contribution in [3.8, 4) is 5.75 Å². The maximum Gasteiger partial charge on any atom is 0.327 e. The van der Waals surface area contributed by atoms with Crippen molar-refractivity contribution in [2.75, 3.05) is 19.8 Å². The van der Waals surface area contributed by atoms with E-state index in [1.807, 2.05) is 48.5 Å². The van der Waals surface area contributed by atoms with Crippen LogP contribution < -0.4 is 4.74 Å². The molecule has 0 aliphatic heterocycles. The Labute approximate surface area is 210 Å². The van der Waals surface area contributed by atoms with Crippen LogP contribution in [0.1, 0.15) is 64.3 Å². The highest BCUT2D eigenvalue weighted by Gasteiger charge is 2.44. The summed E-state index contributed by atoms with van der Waals surface area (Å²) in [6.07, 6.45) is -0.882. The number of aliphatic hydroxyl groups excluding tert-OH is 1. The van der Waals surface area contributed by atoms with Crippen molar-refractivity contribution < 1.29 is 38.5 Å². The molecule has 0 bridgehead atoms. The lowest BCUT2D eigenvalue weighted by Crippen LogP contribution is -2.43. The van der Waals surface area contributed by atoms with Crippen LogP contribution in [-0.4, -0.2) is 44.5 Å². The molecule has 5 N–H and O–H groups in total. The zero-order valence-corrected chi connectivity index (χ0v) is 23.0. The van der Waals surface area contributed by atoms with E-state index >= 15 is 0 Å². The van der Waals surface area contributed by atoms with Crippen LogP contribution in [0, 0.1) is 5.41 Å². The summed E-state index contributed by atoms with van der Waals surface area (Å²) in [5.74, 6) is 0.520. The minimum atomic E-state index is -2.73. The van der Waals surface area contributed by atoms with Gasteiger partial charge in [-0.15, -0.1) is 0 Å². The average molecular weight is 529 g/mol. The fourth-order valence-electron chi connectivity index (χ4n) is 3.61. The molecule has 0 fully saturated rings. The van der Waals surface area contributed by atoms with Crippen molar-refractivity contribution in [2.45, 2.75) is 58.5 Å². The monoisotopic (exact) mass is 528 g/mol. The SMILES string of the molecule is CC(C)(C)c1ccc(OC(c2ccc(C(C)(C)C)cc2)C(CO)(COP(O)O)COP(O)O)cc1. The maximum absolute atomic E-state index is 10.5. The van der Waals surface area contributed by atoms with Gasteiger partial charge >= 0.3 is 17.2 Å². The van der Waals surface area contributed by atoms with E-state index in [-0.39, 0.29) is 24.0 Å². The molecule has 196 valence electrons. The molecular weight excluding hydrogens is 490 g/mol. The highest BCUT2D eigenvalue weighted by molar-refractivity contribution is 7.39. The fraction of sp³-hybridized carbons (Fsp3) is 0.520. The Balaban J connectivity index is 2.55. The van der Waals surface area contributed by atoms with Gasteiger partial charge in [0.2, 0.25) is 0 Å². The van der Waals surface area contributed by atoms with E-state index in [2.05, 4.69) is 41.5 Å². The molecule has 0 spiro atoms. The van der Waals surface area contributed by atoms with Gasteiger partial charge in [0.1, 0.15) is 11.9 Å². The summed E-state index contributed by atoms with van der Waals surface area (Å²) < 4.78 is 16.6. The van der Waals surface area contributed by atoms with Crippen molar-refractivity contribution in [3.05, 3.63) is 65.2 Å². The van der Waals surface area contributed by atoms with Gasteiger partial charge in [0, 0.05) is 0 Å². The molecule has 0 aliphatic carbocycles. The Hall–Kier alpha value is -1.18. The molecule has 2 rings (SSSR count). The molecule has 8 nitrogen and oxygen atoms in total. The molecule has 2 aromatic carbocycles. The van der Waals surface area contributed by atoms with Crippen LogP contribution in [0.4, 0.5) is 0 Å². The van der Waals surface area contributed by atoms with Crippen LogP contribution >= 0.6 is 17.2 Å². The van der Waals surface area contributed by atoms with E-state index in [1.54, 1.807) is 0 Å². The molecule has 0 saturated heterocycles. The van der Waals surface area contributed by atoms with Gasteiger partial charge in [0.15, 0.2) is 0 Å². The molecule has 1 atom stereocenters. The summed E-state index contributed by atoms with van der Waals surface area (Å²) in [7, 11) is -5.46. The lowest BCUT2D eigenvalue weighted by molar-refractivity contribution is -0.0654. The lowest BCUT2D eigenvalue weighted by Gasteiger charge is -2.39. The topological polar surface area (TPSA) is 129 Å². The number of ether oxygens (including phenoxy) is 1. The summed E-state index contributed by atoms with van der Waals surface area (Å²) in [4.78, 5) is 37.6. The molecule has 0 heterocycles. The van der Waals surface area contributed by atoms with Crippen LogP contribution in [0.3, 0.4) is 0 Å². The normalized spacial score (nSPS) is 14.0. The standard InChI is InChI=1S/C25H38O8P2/c1-23(2,3)19-9-7-18(8-10-19)22(33-21-13-11-20(12-14-21)24(4,5)6)25(15-26,16-31-34(27)28)17-32-35(29)30/h7-14,22,26-30H,15-17H2,1-6H3. The Bertz CT molecular complexity index is 891. The van der Waals surface area contributed by atoms with Crippen LogP contribution in [0.15, 0.2) is 48.5 Å². The Morgan fingerprint density at radius 3 is 1.43 bits per heavy atom. The summed E-state index contributed by atoms with van der Waals surface area (Å²) in [5, 5.41) is 10.5. The molecule has 0 radical (unpaired) electrons. The smallest absolute Gasteiger partial charge is 0.327 e. The van der Waals surface area contributed by atoms with Crippen molar-refractivity contribution in [1.82, 2.24) is 0 Å². The Kier molecular flexibility index (Phi) is 10.6. The predicted molar refractivity (Wildman–Crippen MR) is 138 cm³/mol. The molecule has 0 aromatic heterocycles. The Morgan fingerprint density at radius 1 is 0.686 bits per heavy atom. The first kappa shape index (κ1) is 30.0. The van der Waals surface area contributed by atoms with Crippen molar-refractivity contribution in [2.24, 2.45) is 5.41 Å². The zero-order chi connectivity index (χ0) is 26.4. The number of hydrogen-bond donors (Lipinski definition) is 5. The van der Waals surface area contributed by atoms with Gasteiger partial charge in [0.25, 0.3) is 0 Å². The van der Waals surface area contributed by atoms with E-state index in [4.69, 9.17) is 13.8 Å². The summed E-state index contributed by atoms with van der Waals surface area (Å²) >= 11 is 0. The molecular formula is C25H38O8P2. The van der Waals surface area contributed by atoms with Crippen LogP contribution in [-0.2, 0) is 19.9 Å². The van der Waals surface area contributed by atoms with Gasteiger partial charge in [0.05, 0.1) is 25.2 Å². The number of benzene rings is 2. The van der Waals surface area contributed by atoms with E-state index in [1.165, 1.54) is 0 Å². The third kappa shape index (κ3) is 8.71. The van der Waals surface area contributed by atoms with E-state index in [0.29, 0.717) is 11.3 Å². The molecule has 0 saturated carbocycles. The van der Waals surface area contributed by atoms with Crippen molar-refractivity contribution in [1.29, 1.82) is 0 Å². The van der Waals surface area contributed by atoms with E-state index < -0.39 is 35.3 Å². The molecule has 35 heavy (non-hydrogen) atoms. The van der Waals surface area contributed by atoms with Gasteiger partial charge in [-0.2, -0.15) is 0 Å².